The highest BCUT2D eigenvalue weighted by Gasteiger charge is 2.28. The molecule has 1 aliphatic heterocycles. The van der Waals surface area contributed by atoms with E-state index >= 15 is 0 Å². The van der Waals surface area contributed by atoms with Gasteiger partial charge in [0.25, 0.3) is 0 Å². The summed E-state index contributed by atoms with van der Waals surface area (Å²) >= 11 is 0. The molecule has 0 spiro atoms. The summed E-state index contributed by atoms with van der Waals surface area (Å²) < 4.78 is 5.48. The van der Waals surface area contributed by atoms with Crippen LogP contribution in [-0.4, -0.2) is 61.4 Å². The van der Waals surface area contributed by atoms with Crippen LogP contribution in [0.5, 0.6) is 0 Å². The number of rotatable bonds is 4. The lowest BCUT2D eigenvalue weighted by molar-refractivity contribution is -0.124. The summed E-state index contributed by atoms with van der Waals surface area (Å²) in [7, 11) is 1.78. The van der Waals surface area contributed by atoms with Crippen LogP contribution in [0.1, 0.15) is 6.92 Å². The fourth-order valence-corrected chi connectivity index (χ4v) is 2.28. The minimum atomic E-state index is -0.193. The summed E-state index contributed by atoms with van der Waals surface area (Å²) in [6.07, 6.45) is -0.193. The van der Waals surface area contributed by atoms with Crippen LogP contribution in [0.4, 0.5) is 5.69 Å². The number of para-hydroxylation sites is 1. The van der Waals surface area contributed by atoms with E-state index in [0.29, 0.717) is 19.7 Å². The van der Waals surface area contributed by atoms with E-state index < -0.39 is 0 Å². The standard InChI is InChI=1S/C15H22N2O3/c1-12-11-20-14(10-18)8-17(12)9-15(19)16(2)13-6-4-3-5-7-13/h3-7,12,14,18H,8-11H2,1-2H3. The number of aliphatic hydroxyl groups excluding tert-OH is 1. The number of nitrogens with zero attached hydrogens (tertiary/aromatic N) is 2. The lowest BCUT2D eigenvalue weighted by atomic mass is 10.2. The number of ether oxygens (including phenoxy) is 1. The van der Waals surface area contributed by atoms with Gasteiger partial charge in [0.05, 0.1) is 25.9 Å². The molecule has 0 aliphatic carbocycles. The molecule has 2 atom stereocenters. The number of morpholine rings is 1. The molecule has 1 heterocycles. The Balaban J connectivity index is 1.96. The van der Waals surface area contributed by atoms with Gasteiger partial charge in [0.1, 0.15) is 0 Å². The molecule has 2 unspecified atom stereocenters. The maximum absolute atomic E-state index is 12.3. The van der Waals surface area contributed by atoms with Crippen molar-refractivity contribution in [2.24, 2.45) is 0 Å². The second-order valence-electron chi connectivity index (χ2n) is 5.20. The van der Waals surface area contributed by atoms with Crippen LogP contribution in [0.2, 0.25) is 0 Å². The second kappa shape index (κ2) is 6.83. The first-order valence-electron chi connectivity index (χ1n) is 6.90. The summed E-state index contributed by atoms with van der Waals surface area (Å²) in [4.78, 5) is 16.1. The van der Waals surface area contributed by atoms with E-state index in [2.05, 4.69) is 4.90 Å². The van der Waals surface area contributed by atoms with Gasteiger partial charge < -0.3 is 14.7 Å². The molecule has 1 aromatic rings. The van der Waals surface area contributed by atoms with Gasteiger partial charge in [0.15, 0.2) is 0 Å². The normalized spacial score (nSPS) is 23.6. The fourth-order valence-electron chi connectivity index (χ4n) is 2.28. The lowest BCUT2D eigenvalue weighted by Gasteiger charge is -2.37. The molecule has 5 nitrogen and oxygen atoms in total. The Labute approximate surface area is 119 Å². The Morgan fingerprint density at radius 2 is 2.15 bits per heavy atom. The zero-order valence-electron chi connectivity index (χ0n) is 12.0. The van der Waals surface area contributed by atoms with Crippen LogP contribution in [0.3, 0.4) is 0 Å². The zero-order chi connectivity index (χ0) is 14.5. The van der Waals surface area contributed by atoms with Crippen LogP contribution in [0.25, 0.3) is 0 Å². The van der Waals surface area contributed by atoms with Crippen molar-refractivity contribution in [1.82, 2.24) is 4.90 Å². The van der Waals surface area contributed by atoms with E-state index in [4.69, 9.17) is 9.84 Å². The first kappa shape index (κ1) is 15.0. The maximum atomic E-state index is 12.3. The molecular weight excluding hydrogens is 256 g/mol. The fraction of sp³-hybridized carbons (Fsp3) is 0.533. The minimum Gasteiger partial charge on any atom is -0.394 e. The van der Waals surface area contributed by atoms with Gasteiger partial charge in [-0.15, -0.1) is 0 Å². The van der Waals surface area contributed by atoms with Crippen LogP contribution in [0.15, 0.2) is 30.3 Å². The third-order valence-electron chi connectivity index (χ3n) is 3.69. The quantitative estimate of drug-likeness (QED) is 0.882. The molecule has 1 aromatic carbocycles. The number of amides is 1. The topological polar surface area (TPSA) is 53.0 Å². The van der Waals surface area contributed by atoms with Crippen LogP contribution in [-0.2, 0) is 9.53 Å². The molecule has 110 valence electrons. The van der Waals surface area contributed by atoms with E-state index in [1.54, 1.807) is 11.9 Å². The number of likely N-dealkylation sites (N-methyl/N-ethyl adjacent to an activating group) is 1. The molecule has 1 fully saturated rings. The number of carbonyl (C=O) groups excluding carboxylic acids is 1. The monoisotopic (exact) mass is 278 g/mol. The Morgan fingerprint density at radius 1 is 1.45 bits per heavy atom. The molecule has 1 aliphatic rings. The second-order valence-corrected chi connectivity index (χ2v) is 5.20. The Hall–Kier alpha value is -1.43. The molecule has 0 radical (unpaired) electrons. The molecule has 20 heavy (non-hydrogen) atoms. The highest BCUT2D eigenvalue weighted by molar-refractivity contribution is 5.94. The van der Waals surface area contributed by atoms with Crippen molar-refractivity contribution in [2.75, 3.05) is 38.3 Å². The van der Waals surface area contributed by atoms with E-state index in [9.17, 15) is 4.79 Å². The average Bonchev–Trinajstić information content (AvgIpc) is 2.49. The third kappa shape index (κ3) is 3.56. The smallest absolute Gasteiger partial charge is 0.240 e. The summed E-state index contributed by atoms with van der Waals surface area (Å²) in [5.41, 5.74) is 0.886. The molecule has 1 amide bonds. The van der Waals surface area contributed by atoms with Gasteiger partial charge in [-0.25, -0.2) is 0 Å². The molecule has 1 saturated heterocycles. The first-order valence-corrected chi connectivity index (χ1v) is 6.90. The van der Waals surface area contributed by atoms with E-state index in [1.165, 1.54) is 0 Å². The predicted octanol–water partition coefficient (Wildman–Crippen LogP) is 0.731. The van der Waals surface area contributed by atoms with Gasteiger partial charge in [-0.2, -0.15) is 0 Å². The third-order valence-corrected chi connectivity index (χ3v) is 3.69. The minimum absolute atomic E-state index is 0.00800. The predicted molar refractivity (Wildman–Crippen MR) is 77.7 cm³/mol. The van der Waals surface area contributed by atoms with E-state index in [1.807, 2.05) is 37.3 Å². The van der Waals surface area contributed by atoms with Crippen molar-refractivity contribution < 1.29 is 14.6 Å². The van der Waals surface area contributed by atoms with Crippen LogP contribution < -0.4 is 4.90 Å². The number of benzene rings is 1. The molecule has 0 bridgehead atoms. The van der Waals surface area contributed by atoms with Crippen molar-refractivity contribution in [3.05, 3.63) is 30.3 Å². The summed E-state index contributed by atoms with van der Waals surface area (Å²) in [6.45, 7) is 3.50. The molecular formula is C15H22N2O3. The highest BCUT2D eigenvalue weighted by Crippen LogP contribution is 2.14. The SMILES string of the molecule is CC1COC(CO)CN1CC(=O)N(C)c1ccccc1. The average molecular weight is 278 g/mol. The van der Waals surface area contributed by atoms with Gasteiger partial charge in [0.2, 0.25) is 5.91 Å². The van der Waals surface area contributed by atoms with Crippen molar-refractivity contribution in [3.8, 4) is 0 Å². The summed E-state index contributed by atoms with van der Waals surface area (Å²) in [6, 6.07) is 9.77. The summed E-state index contributed by atoms with van der Waals surface area (Å²) in [5.74, 6) is 0.0432. The molecule has 2 rings (SSSR count). The van der Waals surface area contributed by atoms with Gasteiger partial charge >= 0.3 is 0 Å². The highest BCUT2D eigenvalue weighted by atomic mass is 16.5. The molecule has 5 heteroatoms. The Bertz CT molecular complexity index is 438. The molecule has 0 saturated carbocycles. The molecule has 0 aromatic heterocycles. The molecule has 1 N–H and O–H groups in total. The summed E-state index contributed by atoms with van der Waals surface area (Å²) in [5, 5.41) is 9.17. The largest absolute Gasteiger partial charge is 0.394 e. The number of carbonyl (C=O) groups is 1. The Kier molecular flexibility index (Phi) is 5.11. The first-order chi connectivity index (χ1) is 9.61. The van der Waals surface area contributed by atoms with Gasteiger partial charge in [-0.3, -0.25) is 9.69 Å². The lowest BCUT2D eigenvalue weighted by Crippen LogP contribution is -2.52. The van der Waals surface area contributed by atoms with E-state index in [-0.39, 0.29) is 24.7 Å². The number of aliphatic hydroxyl groups is 1. The number of hydrogen-bond acceptors (Lipinski definition) is 4. The maximum Gasteiger partial charge on any atom is 0.240 e. The number of anilines is 1. The Morgan fingerprint density at radius 3 is 2.80 bits per heavy atom. The number of hydrogen-bond donors (Lipinski definition) is 1. The van der Waals surface area contributed by atoms with Crippen LogP contribution >= 0.6 is 0 Å². The van der Waals surface area contributed by atoms with Gasteiger partial charge in [-0.1, -0.05) is 18.2 Å². The van der Waals surface area contributed by atoms with E-state index in [0.717, 1.165) is 5.69 Å². The van der Waals surface area contributed by atoms with Crippen LogP contribution in [0, 0.1) is 0 Å². The zero-order valence-corrected chi connectivity index (χ0v) is 12.0. The van der Waals surface area contributed by atoms with Crippen molar-refractivity contribution in [1.29, 1.82) is 0 Å². The van der Waals surface area contributed by atoms with Crippen molar-refractivity contribution in [2.45, 2.75) is 19.1 Å². The van der Waals surface area contributed by atoms with Gasteiger partial charge in [-0.05, 0) is 19.1 Å². The van der Waals surface area contributed by atoms with Crippen molar-refractivity contribution >= 4 is 11.6 Å². The van der Waals surface area contributed by atoms with Crippen molar-refractivity contribution in [3.63, 3.8) is 0 Å². The van der Waals surface area contributed by atoms with Gasteiger partial charge in [0, 0.05) is 25.3 Å².